The minimum atomic E-state index is -4.81. The summed E-state index contributed by atoms with van der Waals surface area (Å²) < 4.78 is 33.7. The predicted octanol–water partition coefficient (Wildman–Crippen LogP) is 1.84. The Morgan fingerprint density at radius 1 is 1.07 bits per heavy atom. The van der Waals surface area contributed by atoms with Crippen molar-refractivity contribution >= 4 is 11.9 Å². The number of hydrogen-bond acceptors (Lipinski definition) is 2. The van der Waals surface area contributed by atoms with Crippen molar-refractivity contribution in [3.63, 3.8) is 0 Å². The van der Waals surface area contributed by atoms with E-state index in [2.05, 4.69) is 13.2 Å². The molecule has 0 aliphatic heterocycles. The lowest BCUT2D eigenvalue weighted by Crippen LogP contribution is -2.18. The van der Waals surface area contributed by atoms with Gasteiger partial charge in [0.25, 0.3) is 0 Å². The lowest BCUT2D eigenvalue weighted by Gasteiger charge is -2.02. The number of carboxylic acid groups (broad SMARTS) is 2. The van der Waals surface area contributed by atoms with Gasteiger partial charge in [0.1, 0.15) is 5.57 Å². The molecule has 0 radical (unpaired) electrons. The molecule has 0 aliphatic rings. The third-order valence-electron chi connectivity index (χ3n) is 0.965. The van der Waals surface area contributed by atoms with Gasteiger partial charge in [-0.3, -0.25) is 0 Å². The lowest BCUT2D eigenvalue weighted by molar-refractivity contribution is -0.144. The summed E-state index contributed by atoms with van der Waals surface area (Å²) in [5.41, 5.74) is -1.57. The van der Waals surface area contributed by atoms with Crippen LogP contribution in [0, 0.1) is 0 Å². The minimum absolute atomic E-state index is 0.176. The molecule has 0 aliphatic carbocycles. The lowest BCUT2D eigenvalue weighted by atomic mass is 10.3. The fourth-order valence-corrected chi connectivity index (χ4v) is 0.121. The molecule has 0 bridgehead atoms. The van der Waals surface area contributed by atoms with E-state index in [-0.39, 0.29) is 5.57 Å². The molecular weight excluding hydrogens is 217 g/mol. The van der Waals surface area contributed by atoms with Gasteiger partial charge in [0.15, 0.2) is 0 Å². The van der Waals surface area contributed by atoms with Crippen molar-refractivity contribution < 1.29 is 33.0 Å². The first kappa shape index (κ1) is 15.7. The van der Waals surface area contributed by atoms with Gasteiger partial charge >= 0.3 is 18.1 Å². The number of halogens is 3. The second-order valence-electron chi connectivity index (χ2n) is 2.37. The van der Waals surface area contributed by atoms with Crippen LogP contribution < -0.4 is 0 Å². The molecule has 0 aromatic carbocycles. The molecule has 0 atom stereocenters. The first-order valence-corrected chi connectivity index (χ1v) is 3.38. The minimum Gasteiger partial charge on any atom is -0.478 e. The van der Waals surface area contributed by atoms with Crippen LogP contribution >= 0.6 is 0 Å². The van der Waals surface area contributed by atoms with E-state index >= 15 is 0 Å². The largest absolute Gasteiger partial charge is 0.478 e. The van der Waals surface area contributed by atoms with E-state index < -0.39 is 23.7 Å². The van der Waals surface area contributed by atoms with E-state index in [1.807, 2.05) is 0 Å². The molecule has 0 spiro atoms. The Morgan fingerprint density at radius 2 is 1.33 bits per heavy atom. The zero-order chi connectivity index (χ0) is 12.8. The average Bonchev–Trinajstić information content (AvgIpc) is 2.02. The SMILES string of the molecule is C=C(C(=O)O)C(F)(F)F.C=C(C)C(=O)O. The fourth-order valence-electron chi connectivity index (χ4n) is 0.121. The molecule has 0 aromatic rings. The number of carbonyl (C=O) groups is 2. The van der Waals surface area contributed by atoms with Gasteiger partial charge in [0.05, 0.1) is 0 Å². The number of alkyl halides is 3. The number of aliphatic carboxylic acids is 2. The van der Waals surface area contributed by atoms with Crippen LogP contribution in [0.25, 0.3) is 0 Å². The predicted molar refractivity (Wildman–Crippen MR) is 45.3 cm³/mol. The molecular formula is C8H9F3O4. The Kier molecular flexibility index (Phi) is 6.10. The Bertz CT molecular complexity index is 279. The molecule has 2 N–H and O–H groups in total. The fraction of sp³-hybridized carbons (Fsp3) is 0.250. The summed E-state index contributed by atoms with van der Waals surface area (Å²) in [7, 11) is 0. The zero-order valence-electron chi connectivity index (χ0n) is 7.76. The molecule has 86 valence electrons. The van der Waals surface area contributed by atoms with E-state index in [0.29, 0.717) is 0 Å². The van der Waals surface area contributed by atoms with E-state index in [0.717, 1.165) is 0 Å². The number of carboxylic acids is 2. The average molecular weight is 226 g/mol. The van der Waals surface area contributed by atoms with Crippen molar-refractivity contribution in [2.75, 3.05) is 0 Å². The van der Waals surface area contributed by atoms with E-state index in [4.69, 9.17) is 10.2 Å². The van der Waals surface area contributed by atoms with Gasteiger partial charge in [-0.1, -0.05) is 13.2 Å². The molecule has 4 nitrogen and oxygen atoms in total. The van der Waals surface area contributed by atoms with E-state index in [1.54, 1.807) is 0 Å². The van der Waals surface area contributed by atoms with Crippen molar-refractivity contribution in [2.45, 2.75) is 13.1 Å². The highest BCUT2D eigenvalue weighted by molar-refractivity contribution is 5.87. The summed E-state index contributed by atoms with van der Waals surface area (Å²) in [5.74, 6) is -2.97. The maximum Gasteiger partial charge on any atom is 0.422 e. The van der Waals surface area contributed by atoms with Gasteiger partial charge < -0.3 is 10.2 Å². The highest BCUT2D eigenvalue weighted by Crippen LogP contribution is 2.23. The van der Waals surface area contributed by atoms with Gasteiger partial charge in [-0.2, -0.15) is 13.2 Å². The van der Waals surface area contributed by atoms with Crippen molar-refractivity contribution in [3.05, 3.63) is 24.3 Å². The summed E-state index contributed by atoms with van der Waals surface area (Å²) >= 11 is 0. The molecule has 0 saturated heterocycles. The Hall–Kier alpha value is -1.79. The molecule has 0 saturated carbocycles. The smallest absolute Gasteiger partial charge is 0.422 e. The number of hydrogen-bond donors (Lipinski definition) is 2. The van der Waals surface area contributed by atoms with Crippen LogP contribution in [0.1, 0.15) is 6.92 Å². The first-order valence-electron chi connectivity index (χ1n) is 3.38. The number of rotatable bonds is 2. The topological polar surface area (TPSA) is 74.6 Å². The highest BCUT2D eigenvalue weighted by atomic mass is 19.4. The van der Waals surface area contributed by atoms with E-state index in [1.165, 1.54) is 6.92 Å². The first-order chi connectivity index (χ1) is 6.50. The summed E-state index contributed by atoms with van der Waals surface area (Å²) in [6.45, 7) is 6.90. The maximum absolute atomic E-state index is 11.2. The maximum atomic E-state index is 11.2. The van der Waals surface area contributed by atoms with Crippen molar-refractivity contribution in [1.82, 2.24) is 0 Å². The Balaban J connectivity index is 0. The van der Waals surface area contributed by atoms with E-state index in [9.17, 15) is 22.8 Å². The summed E-state index contributed by atoms with van der Waals surface area (Å²) in [4.78, 5) is 19.1. The molecule has 15 heavy (non-hydrogen) atoms. The Morgan fingerprint density at radius 3 is 1.33 bits per heavy atom. The third kappa shape index (κ3) is 8.54. The zero-order valence-corrected chi connectivity index (χ0v) is 7.76. The summed E-state index contributed by atoms with van der Waals surface area (Å²) in [5, 5.41) is 15.6. The van der Waals surface area contributed by atoms with Gasteiger partial charge in [-0.05, 0) is 6.92 Å². The van der Waals surface area contributed by atoms with Crippen molar-refractivity contribution in [2.24, 2.45) is 0 Å². The second-order valence-corrected chi connectivity index (χ2v) is 2.37. The third-order valence-corrected chi connectivity index (χ3v) is 0.965. The quantitative estimate of drug-likeness (QED) is 0.704. The van der Waals surface area contributed by atoms with Gasteiger partial charge in [-0.15, -0.1) is 0 Å². The van der Waals surface area contributed by atoms with Crippen LogP contribution in [0.15, 0.2) is 24.3 Å². The molecule has 0 rings (SSSR count). The van der Waals surface area contributed by atoms with Crippen LogP contribution in [0.5, 0.6) is 0 Å². The summed E-state index contributed by atoms with van der Waals surface area (Å²) in [6, 6.07) is 0. The van der Waals surface area contributed by atoms with Gasteiger partial charge in [0, 0.05) is 5.57 Å². The monoisotopic (exact) mass is 226 g/mol. The van der Waals surface area contributed by atoms with Crippen LogP contribution in [0.3, 0.4) is 0 Å². The molecule has 7 heteroatoms. The standard InChI is InChI=1S/C4H3F3O2.C4H6O2/c1-2(3(8)9)4(5,6)7;1-3(2)4(5)6/h1H2,(H,8,9);1H2,2H3,(H,5,6). The van der Waals surface area contributed by atoms with Gasteiger partial charge in [0.2, 0.25) is 0 Å². The van der Waals surface area contributed by atoms with Crippen LogP contribution in [-0.4, -0.2) is 28.3 Å². The molecule has 0 heterocycles. The highest BCUT2D eigenvalue weighted by Gasteiger charge is 2.36. The molecule has 0 amide bonds. The van der Waals surface area contributed by atoms with Crippen molar-refractivity contribution in [1.29, 1.82) is 0 Å². The summed E-state index contributed by atoms with van der Waals surface area (Å²) in [6.07, 6.45) is -4.81. The van der Waals surface area contributed by atoms with Crippen LogP contribution in [0.2, 0.25) is 0 Å². The van der Waals surface area contributed by atoms with Crippen LogP contribution in [0.4, 0.5) is 13.2 Å². The molecule has 0 fully saturated rings. The molecule has 0 aromatic heterocycles. The normalized spacial score (nSPS) is 9.60. The second kappa shape index (κ2) is 5.84. The van der Waals surface area contributed by atoms with Gasteiger partial charge in [-0.25, -0.2) is 9.59 Å². The van der Waals surface area contributed by atoms with Crippen LogP contribution in [-0.2, 0) is 9.59 Å². The Labute approximate surface area is 83.3 Å². The van der Waals surface area contributed by atoms with Crippen molar-refractivity contribution in [3.8, 4) is 0 Å². The molecule has 0 unspecified atom stereocenters.